The number of ether oxygens (including phenoxy) is 1. The Morgan fingerprint density at radius 1 is 1.60 bits per heavy atom. The number of nitrogens with zero attached hydrogens (tertiary/aromatic N) is 1. The highest BCUT2D eigenvalue weighted by atomic mass is 16.5. The third-order valence-corrected chi connectivity index (χ3v) is 2.30. The Kier molecular flexibility index (Phi) is 5.03. The van der Waals surface area contributed by atoms with Gasteiger partial charge in [0.05, 0.1) is 0 Å². The van der Waals surface area contributed by atoms with E-state index in [4.69, 9.17) is 16.3 Å². The highest BCUT2D eigenvalue weighted by Crippen LogP contribution is 2.22. The molecule has 0 aliphatic heterocycles. The van der Waals surface area contributed by atoms with E-state index in [2.05, 4.69) is 10.4 Å². The van der Waals surface area contributed by atoms with Crippen LogP contribution in [0.1, 0.15) is 24.4 Å². The number of nitrogen functional groups attached to an aromatic ring is 1. The molecule has 84 valence electrons. The number of hydrogen-bond acceptors (Lipinski definition) is 5. The van der Waals surface area contributed by atoms with Gasteiger partial charge < -0.3 is 10.5 Å². The van der Waals surface area contributed by atoms with Crippen LogP contribution in [0.25, 0.3) is 0 Å². The molecule has 5 heteroatoms. The van der Waals surface area contributed by atoms with Crippen molar-refractivity contribution in [3.63, 3.8) is 0 Å². The number of anilines is 1. The van der Waals surface area contributed by atoms with Gasteiger partial charge in [0.1, 0.15) is 0 Å². The van der Waals surface area contributed by atoms with E-state index in [0.29, 0.717) is 5.69 Å². The van der Waals surface area contributed by atoms with Crippen molar-refractivity contribution in [1.82, 2.24) is 10.4 Å². The van der Waals surface area contributed by atoms with Gasteiger partial charge in [0, 0.05) is 43.4 Å². The predicted octanol–water partition coefficient (Wildman–Crippen LogP) is 0.595. The molecule has 0 bridgehead atoms. The standard InChI is InChI=1S/C10H18N4O/c1-15-6-2-3-10(14-12)8-7-13-5-4-9(8)11/h4-5,7,10,14H,2-3,6,12H2,1H3,(H2,11,13). The molecule has 0 fully saturated rings. The first-order valence-electron chi connectivity index (χ1n) is 4.94. The van der Waals surface area contributed by atoms with Crippen LogP contribution in [0.5, 0.6) is 0 Å². The first kappa shape index (κ1) is 11.9. The zero-order chi connectivity index (χ0) is 11.1. The zero-order valence-electron chi connectivity index (χ0n) is 8.94. The van der Waals surface area contributed by atoms with Gasteiger partial charge in [-0.3, -0.25) is 16.3 Å². The summed E-state index contributed by atoms with van der Waals surface area (Å²) in [6, 6.07) is 1.81. The van der Waals surface area contributed by atoms with Gasteiger partial charge in [-0.15, -0.1) is 0 Å². The van der Waals surface area contributed by atoms with Crippen LogP contribution in [0.15, 0.2) is 18.5 Å². The smallest absolute Gasteiger partial charge is 0.0496 e. The largest absolute Gasteiger partial charge is 0.398 e. The van der Waals surface area contributed by atoms with Gasteiger partial charge in [0.25, 0.3) is 0 Å². The van der Waals surface area contributed by atoms with Gasteiger partial charge in [0.15, 0.2) is 0 Å². The fourth-order valence-corrected chi connectivity index (χ4v) is 1.47. The second-order valence-electron chi connectivity index (χ2n) is 3.36. The molecule has 1 atom stereocenters. The molecule has 15 heavy (non-hydrogen) atoms. The average molecular weight is 210 g/mol. The van der Waals surface area contributed by atoms with Gasteiger partial charge in [-0.2, -0.15) is 0 Å². The summed E-state index contributed by atoms with van der Waals surface area (Å²) in [5.74, 6) is 5.48. The first-order chi connectivity index (χ1) is 7.29. The van der Waals surface area contributed by atoms with E-state index in [-0.39, 0.29) is 6.04 Å². The molecule has 0 amide bonds. The van der Waals surface area contributed by atoms with Crippen LogP contribution >= 0.6 is 0 Å². The topological polar surface area (TPSA) is 86.2 Å². The molecule has 0 aliphatic rings. The minimum absolute atomic E-state index is 0.0360. The quantitative estimate of drug-likeness (QED) is 0.363. The van der Waals surface area contributed by atoms with Crippen molar-refractivity contribution >= 4 is 5.69 Å². The van der Waals surface area contributed by atoms with Crippen LogP contribution in [0, 0.1) is 0 Å². The summed E-state index contributed by atoms with van der Waals surface area (Å²) in [5.41, 5.74) is 10.2. The van der Waals surface area contributed by atoms with Crippen molar-refractivity contribution in [3.05, 3.63) is 24.0 Å². The van der Waals surface area contributed by atoms with Crippen molar-refractivity contribution in [1.29, 1.82) is 0 Å². The number of hydrogen-bond donors (Lipinski definition) is 3. The number of rotatable bonds is 6. The van der Waals surface area contributed by atoms with E-state index < -0.39 is 0 Å². The van der Waals surface area contributed by atoms with E-state index >= 15 is 0 Å². The van der Waals surface area contributed by atoms with E-state index in [1.165, 1.54) is 0 Å². The Labute approximate surface area is 89.8 Å². The van der Waals surface area contributed by atoms with Gasteiger partial charge in [0.2, 0.25) is 0 Å². The first-order valence-corrected chi connectivity index (χ1v) is 4.94. The van der Waals surface area contributed by atoms with Crippen LogP contribution in [-0.2, 0) is 4.74 Å². The molecule has 0 aromatic carbocycles. The van der Waals surface area contributed by atoms with Crippen molar-refractivity contribution in [3.8, 4) is 0 Å². The lowest BCUT2D eigenvalue weighted by Gasteiger charge is -2.17. The Morgan fingerprint density at radius 2 is 2.40 bits per heavy atom. The summed E-state index contributed by atoms with van der Waals surface area (Å²) in [6.07, 6.45) is 5.22. The Bertz CT molecular complexity index is 293. The lowest BCUT2D eigenvalue weighted by atomic mass is 10.0. The van der Waals surface area contributed by atoms with Crippen molar-refractivity contribution in [2.75, 3.05) is 19.5 Å². The van der Waals surface area contributed by atoms with E-state index in [1.807, 2.05) is 0 Å². The van der Waals surface area contributed by atoms with E-state index in [9.17, 15) is 0 Å². The molecule has 0 radical (unpaired) electrons. The summed E-state index contributed by atoms with van der Waals surface area (Å²) in [7, 11) is 1.68. The normalized spacial score (nSPS) is 12.7. The average Bonchev–Trinajstić information content (AvgIpc) is 2.26. The molecule has 1 rings (SSSR count). The number of nitrogens with two attached hydrogens (primary N) is 2. The molecule has 1 aromatic rings. The second-order valence-corrected chi connectivity index (χ2v) is 3.36. The number of hydrazine groups is 1. The summed E-state index contributed by atoms with van der Waals surface area (Å²) in [5, 5.41) is 0. The molecule has 5 nitrogen and oxygen atoms in total. The fourth-order valence-electron chi connectivity index (χ4n) is 1.47. The molecule has 0 spiro atoms. The minimum atomic E-state index is 0.0360. The highest BCUT2D eigenvalue weighted by Gasteiger charge is 2.12. The molecule has 0 saturated heterocycles. The molecule has 1 heterocycles. The third kappa shape index (κ3) is 3.47. The molecule has 5 N–H and O–H groups in total. The minimum Gasteiger partial charge on any atom is -0.398 e. The zero-order valence-corrected chi connectivity index (χ0v) is 8.94. The lowest BCUT2D eigenvalue weighted by molar-refractivity contribution is 0.189. The highest BCUT2D eigenvalue weighted by molar-refractivity contribution is 5.46. The van der Waals surface area contributed by atoms with E-state index in [0.717, 1.165) is 25.0 Å². The van der Waals surface area contributed by atoms with Crippen LogP contribution in [0.4, 0.5) is 5.69 Å². The van der Waals surface area contributed by atoms with Gasteiger partial charge >= 0.3 is 0 Å². The van der Waals surface area contributed by atoms with Gasteiger partial charge in [-0.1, -0.05) is 0 Å². The molecular weight excluding hydrogens is 192 g/mol. The van der Waals surface area contributed by atoms with Gasteiger partial charge in [-0.05, 0) is 18.9 Å². The SMILES string of the molecule is COCCCC(NN)c1cnccc1N. The lowest BCUT2D eigenvalue weighted by Crippen LogP contribution is -2.29. The summed E-state index contributed by atoms with van der Waals surface area (Å²) < 4.78 is 4.99. The Morgan fingerprint density at radius 3 is 3.00 bits per heavy atom. The molecular formula is C10H18N4O. The van der Waals surface area contributed by atoms with Crippen molar-refractivity contribution < 1.29 is 4.74 Å². The summed E-state index contributed by atoms with van der Waals surface area (Å²) in [6.45, 7) is 0.721. The summed E-state index contributed by atoms with van der Waals surface area (Å²) >= 11 is 0. The number of aromatic nitrogens is 1. The molecule has 1 aromatic heterocycles. The Hall–Kier alpha value is -1.17. The maximum Gasteiger partial charge on any atom is 0.0496 e. The monoisotopic (exact) mass is 210 g/mol. The molecule has 0 saturated carbocycles. The third-order valence-electron chi connectivity index (χ3n) is 2.30. The van der Waals surface area contributed by atoms with Crippen LogP contribution in [-0.4, -0.2) is 18.7 Å². The van der Waals surface area contributed by atoms with E-state index in [1.54, 1.807) is 25.6 Å². The van der Waals surface area contributed by atoms with Crippen molar-refractivity contribution in [2.24, 2.45) is 5.84 Å². The van der Waals surface area contributed by atoms with Crippen molar-refractivity contribution in [2.45, 2.75) is 18.9 Å². The maximum absolute atomic E-state index is 5.83. The van der Waals surface area contributed by atoms with Crippen LogP contribution in [0.3, 0.4) is 0 Å². The maximum atomic E-state index is 5.83. The molecule has 0 aliphatic carbocycles. The fraction of sp³-hybridized carbons (Fsp3) is 0.500. The Balaban J connectivity index is 2.61. The van der Waals surface area contributed by atoms with Crippen LogP contribution in [0.2, 0.25) is 0 Å². The summed E-state index contributed by atoms with van der Waals surface area (Å²) in [4.78, 5) is 4.04. The van der Waals surface area contributed by atoms with Crippen LogP contribution < -0.4 is 17.0 Å². The number of methoxy groups -OCH3 is 1. The number of pyridine rings is 1. The predicted molar refractivity (Wildman–Crippen MR) is 59.8 cm³/mol. The second kappa shape index (κ2) is 6.34. The van der Waals surface area contributed by atoms with Gasteiger partial charge in [-0.25, -0.2) is 0 Å². The number of nitrogens with one attached hydrogen (secondary N) is 1. The molecule has 1 unspecified atom stereocenters.